The number of carbonyl (C=O) groups is 1. The molecule has 0 bridgehead atoms. The second-order valence-corrected chi connectivity index (χ2v) is 8.37. The molecule has 1 aromatic carbocycles. The lowest BCUT2D eigenvalue weighted by Gasteiger charge is -2.42. The number of fused-ring (bicyclic) bond motifs is 1. The maximum Gasteiger partial charge on any atom is 0.439 e. The molecule has 1 fully saturated rings. The normalized spacial score (nSPS) is 28.7. The van der Waals surface area contributed by atoms with E-state index < -0.39 is 23.7 Å². The zero-order valence-electron chi connectivity index (χ0n) is 15.4. The Kier molecular flexibility index (Phi) is 4.53. The predicted octanol–water partition coefficient (Wildman–Crippen LogP) is 3.92. The summed E-state index contributed by atoms with van der Waals surface area (Å²) in [4.78, 5) is 12.7. The van der Waals surface area contributed by atoms with Crippen molar-refractivity contribution in [3.8, 4) is 5.75 Å². The third-order valence-electron chi connectivity index (χ3n) is 5.66. The molecule has 148 valence electrons. The van der Waals surface area contributed by atoms with Crippen molar-refractivity contribution in [3.05, 3.63) is 29.8 Å². The molecule has 0 spiro atoms. The summed E-state index contributed by atoms with van der Waals surface area (Å²) in [6, 6.07) is 4.81. The zero-order chi connectivity index (χ0) is 20.2. The molecule has 1 saturated carbocycles. The van der Waals surface area contributed by atoms with Crippen LogP contribution in [0.3, 0.4) is 0 Å². The molecule has 0 unspecified atom stereocenters. The summed E-state index contributed by atoms with van der Waals surface area (Å²) in [7, 11) is 0. The highest BCUT2D eigenvalue weighted by atomic mass is 19.4. The number of hydrogen-bond donors (Lipinski definition) is 2. The topological polar surface area (TPSA) is 73.1 Å². The SMILES string of the molecule is CC(C)(C)[C@@H]1CCC2=NN(C(=O)c3ccc(O)cc3)[C@@](O)(C(F)(F)F)[C@@H]2C1. The first kappa shape index (κ1) is 19.7. The minimum Gasteiger partial charge on any atom is -0.508 e. The van der Waals surface area contributed by atoms with Crippen molar-refractivity contribution in [2.45, 2.75) is 51.9 Å². The Morgan fingerprint density at radius 2 is 1.81 bits per heavy atom. The van der Waals surface area contributed by atoms with Gasteiger partial charge < -0.3 is 10.2 Å². The molecule has 2 N–H and O–H groups in total. The number of aliphatic hydroxyl groups is 1. The quantitative estimate of drug-likeness (QED) is 0.771. The van der Waals surface area contributed by atoms with E-state index in [1.165, 1.54) is 24.3 Å². The van der Waals surface area contributed by atoms with Crippen LogP contribution in [0.4, 0.5) is 13.2 Å². The van der Waals surface area contributed by atoms with Crippen molar-refractivity contribution < 1.29 is 28.2 Å². The smallest absolute Gasteiger partial charge is 0.439 e. The number of hydrogen-bond acceptors (Lipinski definition) is 4. The second kappa shape index (κ2) is 6.22. The van der Waals surface area contributed by atoms with Gasteiger partial charge in [0.25, 0.3) is 11.6 Å². The molecule has 1 heterocycles. The van der Waals surface area contributed by atoms with E-state index in [1.807, 2.05) is 20.8 Å². The van der Waals surface area contributed by atoms with Gasteiger partial charge in [-0.15, -0.1) is 0 Å². The number of nitrogens with zero attached hydrogens (tertiary/aromatic N) is 2. The van der Waals surface area contributed by atoms with Crippen LogP contribution in [-0.4, -0.2) is 38.7 Å². The van der Waals surface area contributed by atoms with E-state index in [4.69, 9.17) is 0 Å². The molecule has 3 rings (SSSR count). The lowest BCUT2D eigenvalue weighted by Crippen LogP contribution is -2.62. The van der Waals surface area contributed by atoms with Crippen molar-refractivity contribution in [2.24, 2.45) is 22.4 Å². The van der Waals surface area contributed by atoms with Gasteiger partial charge in [0.1, 0.15) is 5.75 Å². The standard InChI is InChI=1S/C19H23F3N2O3/c1-17(2,3)12-6-9-15-14(10-12)18(27,19(20,21)22)24(23-15)16(26)11-4-7-13(25)8-5-11/h4-5,7-8,12,14,25,27H,6,9-10H2,1-3H3/t12-,14-,18+/m1/s1. The number of rotatable bonds is 1. The van der Waals surface area contributed by atoms with Gasteiger partial charge in [-0.05, 0) is 54.9 Å². The largest absolute Gasteiger partial charge is 0.508 e. The van der Waals surface area contributed by atoms with Crippen molar-refractivity contribution in [2.75, 3.05) is 0 Å². The summed E-state index contributed by atoms with van der Waals surface area (Å²) in [6.07, 6.45) is -3.98. The average Bonchev–Trinajstić information content (AvgIpc) is 2.88. The van der Waals surface area contributed by atoms with Crippen LogP contribution in [0.25, 0.3) is 0 Å². The highest BCUT2D eigenvalue weighted by Gasteiger charge is 2.69. The van der Waals surface area contributed by atoms with Gasteiger partial charge in [-0.25, -0.2) is 0 Å². The summed E-state index contributed by atoms with van der Waals surface area (Å²) in [5.74, 6) is -2.48. The average molecular weight is 384 g/mol. The zero-order valence-corrected chi connectivity index (χ0v) is 15.4. The Balaban J connectivity index is 2.01. The van der Waals surface area contributed by atoms with Gasteiger partial charge in [-0.3, -0.25) is 4.79 Å². The molecule has 0 aromatic heterocycles. The summed E-state index contributed by atoms with van der Waals surface area (Å²) in [6.45, 7) is 5.88. The summed E-state index contributed by atoms with van der Waals surface area (Å²) in [5.41, 5.74) is -3.47. The second-order valence-electron chi connectivity index (χ2n) is 8.37. The first-order chi connectivity index (χ1) is 12.4. The van der Waals surface area contributed by atoms with Crippen molar-refractivity contribution in [3.63, 3.8) is 0 Å². The molecule has 1 aliphatic carbocycles. The van der Waals surface area contributed by atoms with Crippen LogP contribution in [0.15, 0.2) is 29.4 Å². The van der Waals surface area contributed by atoms with Crippen LogP contribution in [0, 0.1) is 17.3 Å². The van der Waals surface area contributed by atoms with Gasteiger partial charge in [-0.1, -0.05) is 20.8 Å². The molecule has 8 heteroatoms. The Bertz CT molecular complexity index is 768. The number of phenolic OH excluding ortho intramolecular Hbond substituents is 1. The van der Waals surface area contributed by atoms with Crippen LogP contribution < -0.4 is 0 Å². The van der Waals surface area contributed by atoms with E-state index in [-0.39, 0.29) is 39.8 Å². The Hall–Kier alpha value is -2.09. The lowest BCUT2D eigenvalue weighted by molar-refractivity contribution is -0.314. The van der Waals surface area contributed by atoms with E-state index in [1.54, 1.807) is 0 Å². The van der Waals surface area contributed by atoms with Crippen LogP contribution >= 0.6 is 0 Å². The number of aromatic hydroxyl groups is 1. The van der Waals surface area contributed by atoms with Gasteiger partial charge in [0.05, 0.1) is 5.92 Å². The first-order valence-electron chi connectivity index (χ1n) is 8.85. The molecule has 1 aliphatic heterocycles. The molecule has 0 saturated heterocycles. The van der Waals surface area contributed by atoms with Crippen molar-refractivity contribution in [1.29, 1.82) is 0 Å². The number of carbonyl (C=O) groups excluding carboxylic acids is 1. The molecular weight excluding hydrogens is 361 g/mol. The highest BCUT2D eigenvalue weighted by molar-refractivity contribution is 5.99. The first-order valence-corrected chi connectivity index (χ1v) is 8.85. The van der Waals surface area contributed by atoms with Gasteiger partial charge in [0.15, 0.2) is 0 Å². The van der Waals surface area contributed by atoms with Crippen LogP contribution in [-0.2, 0) is 0 Å². The lowest BCUT2D eigenvalue weighted by atomic mass is 9.66. The molecule has 5 nitrogen and oxygen atoms in total. The number of hydrazone groups is 1. The number of amides is 1. The summed E-state index contributed by atoms with van der Waals surface area (Å²) in [5, 5.41) is 24.2. The molecule has 0 radical (unpaired) electrons. The van der Waals surface area contributed by atoms with E-state index in [2.05, 4.69) is 5.10 Å². The monoisotopic (exact) mass is 384 g/mol. The third-order valence-corrected chi connectivity index (χ3v) is 5.66. The van der Waals surface area contributed by atoms with Gasteiger partial charge in [0, 0.05) is 11.3 Å². The molecule has 2 aliphatic rings. The van der Waals surface area contributed by atoms with Gasteiger partial charge in [-0.2, -0.15) is 23.3 Å². The molecule has 1 aromatic rings. The van der Waals surface area contributed by atoms with Crippen LogP contribution in [0.1, 0.15) is 50.4 Å². The molecule has 1 amide bonds. The van der Waals surface area contributed by atoms with Crippen molar-refractivity contribution in [1.82, 2.24) is 5.01 Å². The Morgan fingerprint density at radius 1 is 1.22 bits per heavy atom. The van der Waals surface area contributed by atoms with Gasteiger partial charge >= 0.3 is 6.18 Å². The van der Waals surface area contributed by atoms with E-state index >= 15 is 0 Å². The van der Waals surface area contributed by atoms with E-state index in [0.717, 1.165) is 0 Å². The van der Waals surface area contributed by atoms with E-state index in [0.29, 0.717) is 12.8 Å². The molecule has 3 atom stereocenters. The fourth-order valence-electron chi connectivity index (χ4n) is 3.93. The Morgan fingerprint density at radius 3 is 2.33 bits per heavy atom. The highest BCUT2D eigenvalue weighted by Crippen LogP contribution is 2.52. The van der Waals surface area contributed by atoms with E-state index in [9.17, 15) is 28.2 Å². The molecular formula is C19H23F3N2O3. The van der Waals surface area contributed by atoms with Crippen LogP contribution in [0.5, 0.6) is 5.75 Å². The fraction of sp³-hybridized carbons (Fsp3) is 0.579. The summed E-state index contributed by atoms with van der Waals surface area (Å²) >= 11 is 0. The predicted molar refractivity (Wildman–Crippen MR) is 93.0 cm³/mol. The number of halogens is 3. The maximum absolute atomic E-state index is 14.0. The van der Waals surface area contributed by atoms with Crippen molar-refractivity contribution >= 4 is 11.6 Å². The van der Waals surface area contributed by atoms with Crippen LogP contribution in [0.2, 0.25) is 0 Å². The number of phenols is 1. The Labute approximate surface area is 155 Å². The van der Waals surface area contributed by atoms with Gasteiger partial charge in [0.2, 0.25) is 0 Å². The fourth-order valence-corrected chi connectivity index (χ4v) is 3.93. The number of benzene rings is 1. The summed E-state index contributed by atoms with van der Waals surface area (Å²) < 4.78 is 41.9. The number of alkyl halides is 3. The molecule has 27 heavy (non-hydrogen) atoms. The third kappa shape index (κ3) is 3.20. The maximum atomic E-state index is 14.0. The minimum absolute atomic E-state index is 0.0287. The minimum atomic E-state index is -5.06.